The van der Waals surface area contributed by atoms with E-state index in [2.05, 4.69) is 4.74 Å². The second kappa shape index (κ2) is 3.28. The Labute approximate surface area is 74.1 Å². The largest absolute Gasteiger partial charge is 0.496 e. The molecule has 1 aromatic carbocycles. The molecule has 0 atom stereocenters. The summed E-state index contributed by atoms with van der Waals surface area (Å²) in [6.07, 6.45) is 0. The van der Waals surface area contributed by atoms with Crippen molar-refractivity contribution in [3.8, 4) is 5.75 Å². The van der Waals surface area contributed by atoms with Crippen LogP contribution >= 0.6 is 0 Å². The van der Waals surface area contributed by atoms with Gasteiger partial charge in [-0.2, -0.15) is 0 Å². The molecule has 0 amide bonds. The van der Waals surface area contributed by atoms with Crippen molar-refractivity contribution < 1.29 is 17.9 Å². The van der Waals surface area contributed by atoms with Crippen LogP contribution in [-0.2, 0) is 5.92 Å². The quantitative estimate of drug-likeness (QED) is 0.696. The lowest BCUT2D eigenvalue weighted by Gasteiger charge is -2.14. The third-order valence-corrected chi connectivity index (χ3v) is 1.63. The van der Waals surface area contributed by atoms with Crippen LogP contribution in [0.25, 0.3) is 0 Å². The number of benzene rings is 1. The van der Waals surface area contributed by atoms with Crippen LogP contribution in [0.3, 0.4) is 0 Å². The summed E-state index contributed by atoms with van der Waals surface area (Å²) >= 11 is 0. The van der Waals surface area contributed by atoms with Crippen molar-refractivity contribution >= 4 is 0 Å². The molecule has 72 valence electrons. The van der Waals surface area contributed by atoms with E-state index in [0.717, 1.165) is 12.1 Å². The molecule has 1 nitrogen and oxygen atoms in total. The van der Waals surface area contributed by atoms with Crippen LogP contribution in [0.4, 0.5) is 13.2 Å². The number of hydrogen-bond acceptors (Lipinski definition) is 1. The second-order valence-corrected chi connectivity index (χ2v) is 2.73. The maximum atomic E-state index is 12.8. The van der Waals surface area contributed by atoms with Crippen LogP contribution in [0.2, 0.25) is 0 Å². The van der Waals surface area contributed by atoms with E-state index in [1.807, 2.05) is 0 Å². The van der Waals surface area contributed by atoms with Crippen molar-refractivity contribution in [1.29, 1.82) is 0 Å². The molecule has 0 saturated heterocycles. The molecule has 0 aliphatic carbocycles. The third kappa shape index (κ3) is 2.14. The van der Waals surface area contributed by atoms with Gasteiger partial charge in [0.25, 0.3) is 5.92 Å². The van der Waals surface area contributed by atoms with E-state index in [1.54, 1.807) is 0 Å². The van der Waals surface area contributed by atoms with E-state index in [0.29, 0.717) is 6.92 Å². The van der Waals surface area contributed by atoms with Crippen LogP contribution < -0.4 is 4.74 Å². The molecule has 0 aromatic heterocycles. The van der Waals surface area contributed by atoms with E-state index < -0.39 is 17.3 Å². The minimum atomic E-state index is -3.09. The Kier molecular flexibility index (Phi) is 2.50. The maximum Gasteiger partial charge on any atom is 0.274 e. The zero-order valence-electron chi connectivity index (χ0n) is 7.27. The molecule has 0 aliphatic heterocycles. The Morgan fingerprint density at radius 1 is 1.31 bits per heavy atom. The van der Waals surface area contributed by atoms with Crippen molar-refractivity contribution in [2.24, 2.45) is 0 Å². The van der Waals surface area contributed by atoms with E-state index in [9.17, 15) is 13.2 Å². The van der Waals surface area contributed by atoms with Crippen LogP contribution in [0, 0.1) is 5.82 Å². The highest BCUT2D eigenvalue weighted by Crippen LogP contribution is 2.34. The summed E-state index contributed by atoms with van der Waals surface area (Å²) in [5.41, 5.74) is -0.435. The predicted molar refractivity (Wildman–Crippen MR) is 42.5 cm³/mol. The topological polar surface area (TPSA) is 9.23 Å². The molecule has 1 aromatic rings. The Balaban J connectivity index is 3.24. The van der Waals surface area contributed by atoms with Crippen molar-refractivity contribution in [2.45, 2.75) is 12.8 Å². The highest BCUT2D eigenvalue weighted by atomic mass is 19.3. The first kappa shape index (κ1) is 9.89. The van der Waals surface area contributed by atoms with Crippen molar-refractivity contribution in [1.82, 2.24) is 0 Å². The predicted octanol–water partition coefficient (Wildman–Crippen LogP) is 2.95. The van der Waals surface area contributed by atoms with Gasteiger partial charge in [-0.3, -0.25) is 0 Å². The molecule has 13 heavy (non-hydrogen) atoms. The lowest BCUT2D eigenvalue weighted by molar-refractivity contribution is 0.0147. The molecule has 4 heteroatoms. The molecular formula is C9H9F3O. The van der Waals surface area contributed by atoms with Gasteiger partial charge < -0.3 is 4.74 Å². The van der Waals surface area contributed by atoms with Gasteiger partial charge in [0.2, 0.25) is 0 Å². The molecule has 0 aliphatic rings. The SMILES string of the molecule is COc1ccc(F)cc1C(C)(F)F. The van der Waals surface area contributed by atoms with Gasteiger partial charge in [0, 0.05) is 6.92 Å². The first-order chi connectivity index (χ1) is 5.95. The number of hydrogen-bond donors (Lipinski definition) is 0. The Morgan fingerprint density at radius 2 is 1.92 bits per heavy atom. The van der Waals surface area contributed by atoms with Crippen molar-refractivity contribution in [3.05, 3.63) is 29.6 Å². The van der Waals surface area contributed by atoms with Crippen LogP contribution in [0.15, 0.2) is 18.2 Å². The number of halogens is 3. The third-order valence-electron chi connectivity index (χ3n) is 1.63. The summed E-state index contributed by atoms with van der Waals surface area (Å²) < 4.78 is 43.0. The summed E-state index contributed by atoms with van der Waals surface area (Å²) in [4.78, 5) is 0. The van der Waals surface area contributed by atoms with Crippen molar-refractivity contribution in [2.75, 3.05) is 7.11 Å². The van der Waals surface area contributed by atoms with Crippen LogP contribution in [0.5, 0.6) is 5.75 Å². The molecular weight excluding hydrogens is 181 g/mol. The lowest BCUT2D eigenvalue weighted by Crippen LogP contribution is -2.09. The molecule has 0 saturated carbocycles. The minimum Gasteiger partial charge on any atom is -0.496 e. The zero-order chi connectivity index (χ0) is 10.1. The fourth-order valence-corrected chi connectivity index (χ4v) is 1.02. The average molecular weight is 190 g/mol. The zero-order valence-corrected chi connectivity index (χ0v) is 7.27. The highest BCUT2D eigenvalue weighted by Gasteiger charge is 2.28. The average Bonchev–Trinajstić information content (AvgIpc) is 2.03. The van der Waals surface area contributed by atoms with E-state index in [1.165, 1.54) is 13.2 Å². The van der Waals surface area contributed by atoms with Gasteiger partial charge in [-0.25, -0.2) is 13.2 Å². The minimum absolute atomic E-state index is 0.00565. The second-order valence-electron chi connectivity index (χ2n) is 2.73. The summed E-state index contributed by atoms with van der Waals surface area (Å²) in [7, 11) is 1.27. The van der Waals surface area contributed by atoms with Crippen LogP contribution in [0.1, 0.15) is 12.5 Å². The Hall–Kier alpha value is -1.19. The van der Waals surface area contributed by atoms with Gasteiger partial charge in [0.1, 0.15) is 11.6 Å². The van der Waals surface area contributed by atoms with E-state index >= 15 is 0 Å². The maximum absolute atomic E-state index is 12.8. The monoisotopic (exact) mass is 190 g/mol. The molecule has 0 fully saturated rings. The number of alkyl halides is 2. The Morgan fingerprint density at radius 3 is 2.38 bits per heavy atom. The molecule has 0 spiro atoms. The molecule has 0 bridgehead atoms. The van der Waals surface area contributed by atoms with E-state index in [-0.39, 0.29) is 5.75 Å². The van der Waals surface area contributed by atoms with Gasteiger partial charge in [-0.05, 0) is 18.2 Å². The molecule has 0 unspecified atom stereocenters. The molecule has 0 N–H and O–H groups in total. The first-order valence-corrected chi connectivity index (χ1v) is 3.67. The standard InChI is InChI=1S/C9H9F3O/c1-9(11,12)7-5-6(10)3-4-8(7)13-2/h3-5H,1-2H3. The van der Waals surface area contributed by atoms with Gasteiger partial charge >= 0.3 is 0 Å². The fourth-order valence-electron chi connectivity index (χ4n) is 1.02. The molecule has 1 rings (SSSR count). The molecule has 0 radical (unpaired) electrons. The van der Waals surface area contributed by atoms with Gasteiger partial charge in [0.05, 0.1) is 12.7 Å². The van der Waals surface area contributed by atoms with Crippen molar-refractivity contribution in [3.63, 3.8) is 0 Å². The highest BCUT2D eigenvalue weighted by molar-refractivity contribution is 5.36. The van der Waals surface area contributed by atoms with Gasteiger partial charge in [-0.1, -0.05) is 0 Å². The summed E-state index contributed by atoms with van der Waals surface area (Å²) in [5, 5.41) is 0. The summed E-state index contributed by atoms with van der Waals surface area (Å²) in [6, 6.07) is 3.04. The number of methoxy groups -OCH3 is 1. The number of rotatable bonds is 2. The first-order valence-electron chi connectivity index (χ1n) is 3.67. The Bertz CT molecular complexity index is 304. The normalized spacial score (nSPS) is 11.5. The number of ether oxygens (including phenoxy) is 1. The lowest BCUT2D eigenvalue weighted by atomic mass is 10.1. The summed E-state index contributed by atoms with van der Waals surface area (Å²) in [5.74, 6) is -3.79. The smallest absolute Gasteiger partial charge is 0.274 e. The molecule has 0 heterocycles. The van der Waals surface area contributed by atoms with Crippen LogP contribution in [-0.4, -0.2) is 7.11 Å². The van der Waals surface area contributed by atoms with E-state index in [4.69, 9.17) is 0 Å². The summed E-state index contributed by atoms with van der Waals surface area (Å²) in [6.45, 7) is 0.699. The van der Waals surface area contributed by atoms with Gasteiger partial charge in [0.15, 0.2) is 0 Å². The fraction of sp³-hybridized carbons (Fsp3) is 0.333. The van der Waals surface area contributed by atoms with Gasteiger partial charge in [-0.15, -0.1) is 0 Å².